The molecule has 0 aromatic heterocycles. The molecule has 1 rings (SSSR count). The summed E-state index contributed by atoms with van der Waals surface area (Å²) >= 11 is 0. The van der Waals surface area contributed by atoms with Crippen molar-refractivity contribution in [1.82, 2.24) is 0 Å². The Morgan fingerprint density at radius 2 is 1.95 bits per heavy atom. The maximum Gasteiger partial charge on any atom is 0.306 e. The van der Waals surface area contributed by atoms with Crippen molar-refractivity contribution in [2.45, 2.75) is 39.2 Å². The quantitative estimate of drug-likeness (QED) is 0.806. The van der Waals surface area contributed by atoms with Crippen molar-refractivity contribution < 1.29 is 19.7 Å². The van der Waals surface area contributed by atoms with E-state index in [-0.39, 0.29) is 12.3 Å². The summed E-state index contributed by atoms with van der Waals surface area (Å²) < 4.78 is 5.25. The molecule has 1 aromatic rings. The molecular formula is C16H24O4. The fourth-order valence-electron chi connectivity index (χ4n) is 2.12. The topological polar surface area (TPSA) is 66.8 Å². The van der Waals surface area contributed by atoms with Gasteiger partial charge in [0.25, 0.3) is 0 Å². The highest BCUT2D eigenvalue weighted by molar-refractivity contribution is 5.70. The molecule has 2 unspecified atom stereocenters. The van der Waals surface area contributed by atoms with E-state index in [1.165, 1.54) is 0 Å². The Morgan fingerprint density at radius 3 is 2.45 bits per heavy atom. The van der Waals surface area contributed by atoms with E-state index in [1.807, 2.05) is 38.1 Å². The van der Waals surface area contributed by atoms with E-state index in [1.54, 1.807) is 14.0 Å². The average Bonchev–Trinajstić information content (AvgIpc) is 2.38. The van der Waals surface area contributed by atoms with E-state index in [2.05, 4.69) is 0 Å². The van der Waals surface area contributed by atoms with Crippen LogP contribution < -0.4 is 4.74 Å². The Morgan fingerprint density at radius 1 is 1.35 bits per heavy atom. The zero-order chi connectivity index (χ0) is 15.3. The first kappa shape index (κ1) is 16.5. The molecule has 1 aromatic carbocycles. The largest absolute Gasteiger partial charge is 0.496 e. The molecule has 20 heavy (non-hydrogen) atoms. The lowest BCUT2D eigenvalue weighted by molar-refractivity contribution is -0.144. The molecule has 0 heterocycles. The fraction of sp³-hybridized carbons (Fsp3) is 0.562. The molecule has 0 aliphatic carbocycles. The Balaban J connectivity index is 2.91. The molecule has 0 spiro atoms. The van der Waals surface area contributed by atoms with Gasteiger partial charge in [-0.2, -0.15) is 0 Å². The van der Waals surface area contributed by atoms with Crippen LogP contribution in [0.5, 0.6) is 5.75 Å². The Hall–Kier alpha value is -1.55. The summed E-state index contributed by atoms with van der Waals surface area (Å²) in [6.45, 7) is 5.47. The molecule has 0 saturated heterocycles. The minimum atomic E-state index is -0.995. The van der Waals surface area contributed by atoms with E-state index in [0.29, 0.717) is 12.2 Å². The lowest BCUT2D eigenvalue weighted by atomic mass is 9.81. The van der Waals surface area contributed by atoms with Crippen LogP contribution in [0.1, 0.15) is 32.8 Å². The van der Waals surface area contributed by atoms with Gasteiger partial charge >= 0.3 is 5.97 Å². The number of carbonyl (C=O) groups is 1. The number of rotatable bonds is 7. The van der Waals surface area contributed by atoms with Gasteiger partial charge in [0, 0.05) is 0 Å². The number of carboxylic acids is 1. The zero-order valence-electron chi connectivity index (χ0n) is 12.6. The third-order valence-electron chi connectivity index (χ3n) is 3.91. The van der Waals surface area contributed by atoms with Gasteiger partial charge in [0.05, 0.1) is 18.6 Å². The predicted molar refractivity (Wildman–Crippen MR) is 77.9 cm³/mol. The van der Waals surface area contributed by atoms with E-state index in [9.17, 15) is 15.0 Å². The average molecular weight is 280 g/mol. The molecule has 2 atom stereocenters. The van der Waals surface area contributed by atoms with Gasteiger partial charge in [0.1, 0.15) is 5.75 Å². The summed E-state index contributed by atoms with van der Waals surface area (Å²) in [6, 6.07) is 7.38. The van der Waals surface area contributed by atoms with E-state index in [0.717, 1.165) is 5.56 Å². The summed E-state index contributed by atoms with van der Waals surface area (Å²) in [5.74, 6) is -0.842. The third-order valence-corrected chi connectivity index (χ3v) is 3.91. The molecule has 4 nitrogen and oxygen atoms in total. The lowest BCUT2D eigenvalue weighted by Gasteiger charge is -2.30. The number of aliphatic hydroxyl groups is 1. The summed E-state index contributed by atoms with van der Waals surface area (Å²) in [6.07, 6.45) is 0.570. The molecule has 0 saturated carbocycles. The first-order valence-electron chi connectivity index (χ1n) is 6.85. The van der Waals surface area contributed by atoms with Crippen molar-refractivity contribution in [2.75, 3.05) is 7.11 Å². The molecule has 0 fully saturated rings. The molecule has 0 aliphatic heterocycles. The van der Waals surface area contributed by atoms with Crippen molar-refractivity contribution in [3.05, 3.63) is 29.8 Å². The van der Waals surface area contributed by atoms with Gasteiger partial charge in [0.15, 0.2) is 0 Å². The number of methoxy groups -OCH3 is 1. The smallest absolute Gasteiger partial charge is 0.306 e. The number of benzene rings is 1. The number of hydrogen-bond donors (Lipinski definition) is 2. The lowest BCUT2D eigenvalue weighted by Crippen LogP contribution is -2.36. The van der Waals surface area contributed by atoms with Crippen LogP contribution in [0, 0.1) is 11.8 Å². The van der Waals surface area contributed by atoms with Crippen molar-refractivity contribution in [3.63, 3.8) is 0 Å². The number of carboxylic acid groups (broad SMARTS) is 1. The summed E-state index contributed by atoms with van der Waals surface area (Å²) in [5, 5.41) is 19.7. The Bertz CT molecular complexity index is 452. The Kier molecular flexibility index (Phi) is 5.57. The van der Waals surface area contributed by atoms with Gasteiger partial charge in [-0.25, -0.2) is 0 Å². The standard InChI is InChI=1S/C16H24O4/c1-11(2)16(3,19)10-13(15(17)18)9-12-7-5-6-8-14(12)20-4/h5-8,11,13,19H,9-10H2,1-4H3,(H,17,18). The van der Waals surface area contributed by atoms with Crippen LogP contribution in [0.2, 0.25) is 0 Å². The highest BCUT2D eigenvalue weighted by Gasteiger charge is 2.32. The van der Waals surface area contributed by atoms with Gasteiger partial charge in [-0.15, -0.1) is 0 Å². The van der Waals surface area contributed by atoms with Crippen molar-refractivity contribution in [3.8, 4) is 5.75 Å². The van der Waals surface area contributed by atoms with Crippen LogP contribution in [-0.4, -0.2) is 28.9 Å². The first-order chi connectivity index (χ1) is 9.27. The van der Waals surface area contributed by atoms with Gasteiger partial charge in [-0.1, -0.05) is 32.0 Å². The molecule has 0 bridgehead atoms. The Labute approximate surface area is 120 Å². The van der Waals surface area contributed by atoms with Crippen LogP contribution in [0.25, 0.3) is 0 Å². The van der Waals surface area contributed by atoms with E-state index < -0.39 is 17.5 Å². The minimum Gasteiger partial charge on any atom is -0.496 e. The molecular weight excluding hydrogens is 256 g/mol. The number of aliphatic carboxylic acids is 1. The fourth-order valence-corrected chi connectivity index (χ4v) is 2.12. The van der Waals surface area contributed by atoms with Crippen LogP contribution in [0.3, 0.4) is 0 Å². The molecule has 112 valence electrons. The van der Waals surface area contributed by atoms with E-state index >= 15 is 0 Å². The van der Waals surface area contributed by atoms with Gasteiger partial charge < -0.3 is 14.9 Å². The molecule has 4 heteroatoms. The highest BCUT2D eigenvalue weighted by Crippen LogP contribution is 2.29. The summed E-state index contributed by atoms with van der Waals surface area (Å²) in [4.78, 5) is 11.5. The van der Waals surface area contributed by atoms with Gasteiger partial charge in [0.2, 0.25) is 0 Å². The zero-order valence-corrected chi connectivity index (χ0v) is 12.6. The molecule has 0 aliphatic rings. The second-order valence-corrected chi connectivity index (χ2v) is 5.77. The summed E-state index contributed by atoms with van der Waals surface area (Å²) in [7, 11) is 1.57. The SMILES string of the molecule is COc1ccccc1CC(CC(C)(O)C(C)C)C(=O)O. The second kappa shape index (κ2) is 6.75. The highest BCUT2D eigenvalue weighted by atomic mass is 16.5. The second-order valence-electron chi connectivity index (χ2n) is 5.77. The third kappa shape index (κ3) is 4.23. The van der Waals surface area contributed by atoms with Gasteiger partial charge in [-0.3, -0.25) is 4.79 Å². The predicted octanol–water partition coefficient (Wildman–Crippen LogP) is 2.74. The van der Waals surface area contributed by atoms with Crippen molar-refractivity contribution >= 4 is 5.97 Å². The maximum absolute atomic E-state index is 11.5. The first-order valence-corrected chi connectivity index (χ1v) is 6.85. The molecule has 0 amide bonds. The summed E-state index contributed by atoms with van der Waals surface area (Å²) in [5.41, 5.74) is -0.146. The molecule has 0 radical (unpaired) electrons. The van der Waals surface area contributed by atoms with E-state index in [4.69, 9.17) is 4.74 Å². The van der Waals surface area contributed by atoms with Crippen LogP contribution in [0.15, 0.2) is 24.3 Å². The van der Waals surface area contributed by atoms with Crippen LogP contribution >= 0.6 is 0 Å². The van der Waals surface area contributed by atoms with Crippen molar-refractivity contribution in [2.24, 2.45) is 11.8 Å². The number of para-hydroxylation sites is 1. The maximum atomic E-state index is 11.5. The monoisotopic (exact) mass is 280 g/mol. The van der Waals surface area contributed by atoms with Crippen LogP contribution in [-0.2, 0) is 11.2 Å². The van der Waals surface area contributed by atoms with Crippen LogP contribution in [0.4, 0.5) is 0 Å². The number of hydrogen-bond acceptors (Lipinski definition) is 3. The normalized spacial score (nSPS) is 15.7. The van der Waals surface area contributed by atoms with Crippen molar-refractivity contribution in [1.29, 1.82) is 0 Å². The number of ether oxygens (including phenoxy) is 1. The van der Waals surface area contributed by atoms with Gasteiger partial charge in [-0.05, 0) is 37.3 Å². The minimum absolute atomic E-state index is 0.00187. The molecule has 2 N–H and O–H groups in total.